The summed E-state index contributed by atoms with van der Waals surface area (Å²) in [4.78, 5) is 16.6. The van der Waals surface area contributed by atoms with E-state index in [2.05, 4.69) is 25.7 Å². The van der Waals surface area contributed by atoms with E-state index in [0.717, 1.165) is 42.5 Å². The Morgan fingerprint density at radius 3 is 2.92 bits per heavy atom. The Hall–Kier alpha value is -2.96. The van der Waals surface area contributed by atoms with Gasteiger partial charge in [-0.3, -0.25) is 9.89 Å². The van der Waals surface area contributed by atoms with Crippen molar-refractivity contribution in [2.75, 3.05) is 0 Å². The van der Waals surface area contributed by atoms with E-state index < -0.39 is 0 Å². The molecule has 1 aliphatic rings. The zero-order chi connectivity index (χ0) is 16.4. The molecule has 0 fully saturated rings. The minimum absolute atomic E-state index is 0.205. The summed E-state index contributed by atoms with van der Waals surface area (Å²) >= 11 is 0. The lowest BCUT2D eigenvalue weighted by atomic mass is 9.96. The van der Waals surface area contributed by atoms with E-state index in [1.54, 1.807) is 0 Å². The third-order valence-corrected chi connectivity index (χ3v) is 4.17. The van der Waals surface area contributed by atoms with Crippen LogP contribution in [0.2, 0.25) is 0 Å². The number of nitrogens with one attached hydrogen (secondary N) is 2. The Bertz CT molecular complexity index is 853. The molecule has 1 aromatic carbocycles. The van der Waals surface area contributed by atoms with E-state index in [-0.39, 0.29) is 12.5 Å². The molecule has 0 atom stereocenters. The highest BCUT2D eigenvalue weighted by Gasteiger charge is 2.21. The van der Waals surface area contributed by atoms with Crippen LogP contribution in [0, 0.1) is 0 Å². The Labute approximate surface area is 138 Å². The van der Waals surface area contributed by atoms with Crippen molar-refractivity contribution in [3.8, 4) is 11.5 Å². The average molecular weight is 323 g/mol. The normalized spacial score (nSPS) is 13.5. The van der Waals surface area contributed by atoms with Crippen molar-refractivity contribution >= 4 is 5.91 Å². The Morgan fingerprint density at radius 1 is 1.21 bits per heavy atom. The molecule has 3 aromatic rings. The number of H-pyrrole nitrogens is 1. The van der Waals surface area contributed by atoms with Gasteiger partial charge in [0.15, 0.2) is 11.5 Å². The molecule has 122 valence electrons. The van der Waals surface area contributed by atoms with E-state index in [9.17, 15) is 4.79 Å². The topological polar surface area (TPSA) is 96.7 Å². The molecule has 0 spiro atoms. The van der Waals surface area contributed by atoms with Gasteiger partial charge in [0.25, 0.3) is 11.8 Å². The quantitative estimate of drug-likeness (QED) is 0.767. The molecule has 2 heterocycles. The highest BCUT2D eigenvalue weighted by atomic mass is 16.5. The predicted octanol–water partition coefficient (Wildman–Crippen LogP) is 2.27. The zero-order valence-corrected chi connectivity index (χ0v) is 13.1. The summed E-state index contributed by atoms with van der Waals surface area (Å²) in [6.45, 7) is 0.205. The van der Waals surface area contributed by atoms with Crippen molar-refractivity contribution in [2.24, 2.45) is 0 Å². The van der Waals surface area contributed by atoms with E-state index in [1.165, 1.54) is 0 Å². The highest BCUT2D eigenvalue weighted by Crippen LogP contribution is 2.22. The molecule has 7 heteroatoms. The number of amides is 1. The van der Waals surface area contributed by atoms with Crippen LogP contribution in [0.15, 0.2) is 34.9 Å². The van der Waals surface area contributed by atoms with Crippen molar-refractivity contribution < 1.29 is 9.32 Å². The molecule has 0 aliphatic heterocycles. The smallest absolute Gasteiger partial charge is 0.272 e. The number of hydrogen-bond acceptors (Lipinski definition) is 5. The van der Waals surface area contributed by atoms with Gasteiger partial charge in [0.2, 0.25) is 0 Å². The van der Waals surface area contributed by atoms with Crippen LogP contribution in [-0.4, -0.2) is 26.2 Å². The third kappa shape index (κ3) is 2.80. The van der Waals surface area contributed by atoms with E-state index in [0.29, 0.717) is 17.4 Å². The number of benzene rings is 1. The predicted molar refractivity (Wildman–Crippen MR) is 86.1 cm³/mol. The van der Waals surface area contributed by atoms with Gasteiger partial charge in [-0.15, -0.1) is 0 Å². The standard InChI is InChI=1S/C17H17N5O2/c23-16(15-12-8-4-5-9-13(12)20-21-15)18-10-14-19-17(24-22-14)11-6-2-1-3-7-11/h1-3,6-7H,4-5,8-10H2,(H,18,23)(H,20,21). The van der Waals surface area contributed by atoms with Gasteiger partial charge in [-0.1, -0.05) is 23.4 Å². The van der Waals surface area contributed by atoms with Crippen LogP contribution >= 0.6 is 0 Å². The summed E-state index contributed by atoms with van der Waals surface area (Å²) < 4.78 is 5.23. The maximum Gasteiger partial charge on any atom is 0.272 e. The number of aryl methyl sites for hydroxylation is 1. The number of nitrogens with zero attached hydrogens (tertiary/aromatic N) is 3. The summed E-state index contributed by atoms with van der Waals surface area (Å²) in [5.41, 5.74) is 3.45. The van der Waals surface area contributed by atoms with Crippen LogP contribution in [0.4, 0.5) is 0 Å². The Kier molecular flexibility index (Phi) is 3.82. The lowest BCUT2D eigenvalue weighted by Gasteiger charge is -2.10. The van der Waals surface area contributed by atoms with Crippen LogP contribution in [0.5, 0.6) is 0 Å². The lowest BCUT2D eigenvalue weighted by Crippen LogP contribution is -2.25. The molecule has 0 saturated heterocycles. The van der Waals surface area contributed by atoms with Gasteiger partial charge in [0.05, 0.1) is 6.54 Å². The Morgan fingerprint density at radius 2 is 2.04 bits per heavy atom. The van der Waals surface area contributed by atoms with Gasteiger partial charge >= 0.3 is 0 Å². The largest absolute Gasteiger partial charge is 0.343 e. The van der Waals surface area contributed by atoms with Gasteiger partial charge in [-0.05, 0) is 37.8 Å². The van der Waals surface area contributed by atoms with Crippen molar-refractivity contribution in [3.63, 3.8) is 0 Å². The van der Waals surface area contributed by atoms with Crippen LogP contribution < -0.4 is 5.32 Å². The molecule has 2 aromatic heterocycles. The maximum atomic E-state index is 12.3. The molecule has 0 saturated carbocycles. The third-order valence-electron chi connectivity index (χ3n) is 4.17. The van der Waals surface area contributed by atoms with E-state index in [1.807, 2.05) is 30.3 Å². The summed E-state index contributed by atoms with van der Waals surface area (Å²) in [5.74, 6) is 0.670. The van der Waals surface area contributed by atoms with Crippen LogP contribution in [0.25, 0.3) is 11.5 Å². The van der Waals surface area contributed by atoms with Crippen molar-refractivity contribution in [1.29, 1.82) is 0 Å². The fourth-order valence-electron chi connectivity index (χ4n) is 2.94. The molecule has 1 amide bonds. The summed E-state index contributed by atoms with van der Waals surface area (Å²) in [7, 11) is 0. The second kappa shape index (κ2) is 6.27. The molecule has 0 radical (unpaired) electrons. The first-order valence-corrected chi connectivity index (χ1v) is 8.03. The highest BCUT2D eigenvalue weighted by molar-refractivity contribution is 5.93. The molecular formula is C17H17N5O2. The first-order valence-electron chi connectivity index (χ1n) is 8.03. The second-order valence-electron chi connectivity index (χ2n) is 5.80. The van der Waals surface area contributed by atoms with Gasteiger partial charge in [-0.2, -0.15) is 10.1 Å². The van der Waals surface area contributed by atoms with Gasteiger partial charge < -0.3 is 9.84 Å². The number of aromatic amines is 1. The van der Waals surface area contributed by atoms with Crippen molar-refractivity contribution in [1.82, 2.24) is 25.7 Å². The average Bonchev–Trinajstić information content (AvgIpc) is 3.27. The number of carbonyl (C=O) groups excluding carboxylic acids is 1. The maximum absolute atomic E-state index is 12.3. The molecule has 24 heavy (non-hydrogen) atoms. The van der Waals surface area contributed by atoms with Gasteiger partial charge in [-0.25, -0.2) is 0 Å². The zero-order valence-electron chi connectivity index (χ0n) is 13.1. The van der Waals surface area contributed by atoms with Crippen LogP contribution in [0.3, 0.4) is 0 Å². The fraction of sp³-hybridized carbons (Fsp3) is 0.294. The minimum Gasteiger partial charge on any atom is -0.343 e. The molecule has 7 nitrogen and oxygen atoms in total. The molecule has 1 aliphatic carbocycles. The number of hydrogen-bond donors (Lipinski definition) is 2. The SMILES string of the molecule is O=C(NCc1noc(-c2ccccc2)n1)c1n[nH]c2c1CCCC2. The van der Waals surface area contributed by atoms with E-state index in [4.69, 9.17) is 4.52 Å². The number of rotatable bonds is 4. The van der Waals surface area contributed by atoms with E-state index >= 15 is 0 Å². The van der Waals surface area contributed by atoms with Gasteiger partial charge in [0.1, 0.15) is 0 Å². The number of carbonyl (C=O) groups is 1. The summed E-state index contributed by atoms with van der Waals surface area (Å²) in [6, 6.07) is 9.52. The van der Waals surface area contributed by atoms with Crippen molar-refractivity contribution in [2.45, 2.75) is 32.2 Å². The Balaban J connectivity index is 1.43. The lowest BCUT2D eigenvalue weighted by molar-refractivity contribution is 0.0943. The molecule has 0 unspecified atom stereocenters. The molecule has 4 rings (SSSR count). The van der Waals surface area contributed by atoms with Crippen LogP contribution in [-0.2, 0) is 19.4 Å². The first-order chi connectivity index (χ1) is 11.8. The van der Waals surface area contributed by atoms with Crippen molar-refractivity contribution in [3.05, 3.63) is 53.1 Å². The van der Waals surface area contributed by atoms with Gasteiger partial charge in [0, 0.05) is 16.8 Å². The fourth-order valence-corrected chi connectivity index (χ4v) is 2.94. The number of aromatic nitrogens is 4. The minimum atomic E-state index is -0.208. The summed E-state index contributed by atoms with van der Waals surface area (Å²) in [5, 5.41) is 13.8. The number of fused-ring (bicyclic) bond motifs is 1. The molecule has 0 bridgehead atoms. The monoisotopic (exact) mass is 323 g/mol. The molecular weight excluding hydrogens is 306 g/mol. The van der Waals surface area contributed by atoms with Crippen LogP contribution in [0.1, 0.15) is 40.4 Å². The molecule has 2 N–H and O–H groups in total. The first kappa shape index (κ1) is 14.6. The summed E-state index contributed by atoms with van der Waals surface area (Å²) in [6.07, 6.45) is 4.09. The second-order valence-corrected chi connectivity index (χ2v) is 5.80.